The fourth-order valence-electron chi connectivity index (χ4n) is 16.1. The molecule has 0 radical (unpaired) electrons. The van der Waals surface area contributed by atoms with Gasteiger partial charge in [0.15, 0.2) is 0 Å². The number of fused-ring (bicyclic) bond motifs is 5. The van der Waals surface area contributed by atoms with Crippen molar-refractivity contribution in [3.63, 3.8) is 0 Å². The van der Waals surface area contributed by atoms with Crippen LogP contribution in [0, 0.1) is 65.0 Å². The van der Waals surface area contributed by atoms with Gasteiger partial charge in [-0.1, -0.05) is 111 Å². The Bertz CT molecular complexity index is 792. The Balaban J connectivity index is 2.21. The molecule has 0 amide bonds. The second-order valence-corrected chi connectivity index (χ2v) is 15.5. The molecule has 5 saturated carbocycles. The first kappa shape index (κ1) is 19.9. The smallest absolute Gasteiger partial charge is 0.0131 e. The van der Waals surface area contributed by atoms with Gasteiger partial charge < -0.3 is 0 Å². The van der Waals surface area contributed by atoms with Crippen LogP contribution in [0.5, 0.6) is 0 Å². The lowest BCUT2D eigenvalue weighted by atomic mass is 9.35. The highest BCUT2D eigenvalue weighted by Crippen LogP contribution is 3.16. The number of hydrogen-bond donors (Lipinski definition) is 0. The maximum atomic E-state index is 2.78. The minimum Gasteiger partial charge on any atom is -0.0588 e. The van der Waals surface area contributed by atoms with E-state index in [0.29, 0.717) is 27.1 Å². The zero-order valence-corrected chi connectivity index (χ0v) is 22.0. The third-order valence-electron chi connectivity index (χ3n) is 18.0. The second-order valence-electron chi connectivity index (χ2n) is 15.5. The van der Waals surface area contributed by atoms with Crippen molar-refractivity contribution >= 4 is 0 Å². The van der Waals surface area contributed by atoms with Crippen molar-refractivity contribution in [1.82, 2.24) is 0 Å². The first-order valence-corrected chi connectivity index (χ1v) is 12.0. The van der Waals surface area contributed by atoms with Gasteiger partial charge in [0.05, 0.1) is 0 Å². The van der Waals surface area contributed by atoms with Crippen LogP contribution in [-0.2, 0) is 0 Å². The van der Waals surface area contributed by atoms with E-state index in [1.165, 1.54) is 0 Å². The van der Waals surface area contributed by atoms with Crippen LogP contribution >= 0.6 is 0 Å². The molecule has 0 heteroatoms. The van der Waals surface area contributed by atoms with E-state index >= 15 is 0 Å². The van der Waals surface area contributed by atoms with E-state index in [-0.39, 0.29) is 37.9 Å². The Hall–Kier alpha value is 0. The molecule has 0 spiro atoms. The molecule has 0 saturated heterocycles. The van der Waals surface area contributed by atoms with Crippen LogP contribution < -0.4 is 0 Å². The van der Waals surface area contributed by atoms with Crippen molar-refractivity contribution in [3.05, 3.63) is 0 Å². The van der Waals surface area contributed by atoms with Gasteiger partial charge >= 0.3 is 0 Å². The quantitative estimate of drug-likeness (QED) is 0.394. The monoisotopic (exact) mass is 384 g/mol. The lowest BCUT2D eigenvalue weighted by molar-refractivity contribution is -0.218. The van der Waals surface area contributed by atoms with Gasteiger partial charge in [-0.15, -0.1) is 0 Å². The Morgan fingerprint density at radius 3 is 0.536 bits per heavy atom. The zero-order valence-electron chi connectivity index (χ0n) is 22.0. The van der Waals surface area contributed by atoms with E-state index in [4.69, 9.17) is 0 Å². The summed E-state index contributed by atoms with van der Waals surface area (Å²) in [7, 11) is 0. The SMILES string of the molecule is CC1(C)C2(C)C(C)(C)C3(C)C1(C)C1(C)C(C)(C)C4(C)C(C)(C)C1(C)C3(C)C24C. The summed E-state index contributed by atoms with van der Waals surface area (Å²) in [6.45, 7) is 43.5. The fraction of sp³-hybridized carbons (Fsp3) is 1.00. The van der Waals surface area contributed by atoms with E-state index in [1.807, 2.05) is 0 Å². The van der Waals surface area contributed by atoms with Crippen LogP contribution in [0.2, 0.25) is 0 Å². The Labute approximate surface area is 176 Å². The van der Waals surface area contributed by atoms with E-state index < -0.39 is 0 Å². The summed E-state index contributed by atoms with van der Waals surface area (Å²) in [5, 5.41) is 0. The highest BCUT2D eigenvalue weighted by molar-refractivity contribution is 5.59. The van der Waals surface area contributed by atoms with Crippen LogP contribution in [-0.4, -0.2) is 0 Å². The summed E-state index contributed by atoms with van der Waals surface area (Å²) < 4.78 is 0. The molecule has 0 nitrogen and oxygen atoms in total. The molecule has 6 atom stereocenters. The molecule has 4 bridgehead atoms. The van der Waals surface area contributed by atoms with Crippen molar-refractivity contribution < 1.29 is 0 Å². The lowest BCUT2D eigenvalue weighted by Gasteiger charge is -2.68. The topological polar surface area (TPSA) is 0 Å². The van der Waals surface area contributed by atoms with E-state index in [1.54, 1.807) is 0 Å². The normalized spacial score (nSPS) is 70.3. The van der Waals surface area contributed by atoms with E-state index in [9.17, 15) is 0 Å². The molecule has 28 heavy (non-hydrogen) atoms. The number of hydrogen-bond acceptors (Lipinski definition) is 0. The van der Waals surface area contributed by atoms with Crippen LogP contribution in [0.25, 0.3) is 0 Å². The van der Waals surface area contributed by atoms with Crippen molar-refractivity contribution in [2.24, 2.45) is 65.0 Å². The predicted octanol–water partition coefficient (Wildman–Crippen LogP) is 8.21. The highest BCUT2D eigenvalue weighted by Gasteiger charge is 3.13. The summed E-state index contributed by atoms with van der Waals surface area (Å²) >= 11 is 0. The lowest BCUT2D eigenvalue weighted by Crippen LogP contribution is -2.64. The molecule has 6 unspecified atom stereocenters. The summed E-state index contributed by atoms with van der Waals surface area (Å²) in [6.07, 6.45) is 0. The molecule has 0 aromatic heterocycles. The molecule has 5 rings (SSSR count). The average molecular weight is 385 g/mol. The van der Waals surface area contributed by atoms with Gasteiger partial charge in [-0.05, 0) is 65.0 Å². The van der Waals surface area contributed by atoms with Crippen molar-refractivity contribution in [3.8, 4) is 0 Å². The maximum Gasteiger partial charge on any atom is -0.0131 e. The first-order valence-electron chi connectivity index (χ1n) is 12.0. The zero-order chi connectivity index (χ0) is 22.0. The average Bonchev–Trinajstić information content (AvgIpc) is 2.83. The van der Waals surface area contributed by atoms with Crippen molar-refractivity contribution in [1.29, 1.82) is 0 Å². The van der Waals surface area contributed by atoms with Gasteiger partial charge in [0.1, 0.15) is 0 Å². The highest BCUT2D eigenvalue weighted by atomic mass is 15.2. The van der Waals surface area contributed by atoms with E-state index in [0.717, 1.165) is 0 Å². The molecule has 5 aliphatic carbocycles. The molecule has 5 aliphatic rings. The summed E-state index contributed by atoms with van der Waals surface area (Å²) in [4.78, 5) is 0. The van der Waals surface area contributed by atoms with Gasteiger partial charge in [-0.25, -0.2) is 0 Å². The predicted molar refractivity (Wildman–Crippen MR) is 120 cm³/mol. The van der Waals surface area contributed by atoms with Crippen LogP contribution in [0.4, 0.5) is 0 Å². The second kappa shape index (κ2) is 3.52. The van der Waals surface area contributed by atoms with Crippen molar-refractivity contribution in [2.75, 3.05) is 0 Å². The standard InChI is InChI=1S/C28H48/c1-17(2)21(9)19(5,6)25(13)23(17,11)24(12)18(3,4)22(10)20(7,8)26(24,14)28(25,16)27(21,22)15/h1-16H3. The van der Waals surface area contributed by atoms with E-state index in [2.05, 4.69) is 111 Å². The third kappa shape index (κ3) is 0.784. The summed E-state index contributed by atoms with van der Waals surface area (Å²) in [6, 6.07) is 0. The first-order chi connectivity index (χ1) is 12.0. The van der Waals surface area contributed by atoms with Gasteiger partial charge in [0, 0.05) is 0 Å². The molecular weight excluding hydrogens is 336 g/mol. The maximum absolute atomic E-state index is 2.78. The Kier molecular flexibility index (Phi) is 2.51. The molecule has 0 aromatic rings. The van der Waals surface area contributed by atoms with Crippen molar-refractivity contribution in [2.45, 2.75) is 111 Å². The number of rotatable bonds is 0. The minimum absolute atomic E-state index is 0.278. The van der Waals surface area contributed by atoms with Crippen LogP contribution in [0.15, 0.2) is 0 Å². The van der Waals surface area contributed by atoms with Gasteiger partial charge in [0.2, 0.25) is 0 Å². The van der Waals surface area contributed by atoms with Crippen LogP contribution in [0.3, 0.4) is 0 Å². The molecule has 160 valence electrons. The Morgan fingerprint density at radius 1 is 0.179 bits per heavy atom. The summed E-state index contributed by atoms with van der Waals surface area (Å²) in [5.74, 6) is 0. The van der Waals surface area contributed by atoms with Gasteiger partial charge in [-0.3, -0.25) is 0 Å². The minimum atomic E-state index is 0.278. The summed E-state index contributed by atoms with van der Waals surface area (Å²) in [5.41, 5.74) is 3.48. The fourth-order valence-corrected chi connectivity index (χ4v) is 16.1. The molecular formula is C28H48. The molecule has 0 N–H and O–H groups in total. The molecule has 0 aromatic carbocycles. The third-order valence-corrected chi connectivity index (χ3v) is 18.0. The van der Waals surface area contributed by atoms with Gasteiger partial charge in [0.25, 0.3) is 0 Å². The largest absolute Gasteiger partial charge is 0.0588 e. The Morgan fingerprint density at radius 2 is 0.321 bits per heavy atom. The van der Waals surface area contributed by atoms with Gasteiger partial charge in [-0.2, -0.15) is 0 Å². The molecule has 0 heterocycles. The molecule has 5 fully saturated rings. The molecule has 0 aliphatic heterocycles. The van der Waals surface area contributed by atoms with Crippen LogP contribution in [0.1, 0.15) is 111 Å².